The molecule has 0 amide bonds. The Bertz CT molecular complexity index is 994. The molecule has 8 heteroatoms. The molecule has 1 aliphatic rings. The third-order valence-corrected chi connectivity index (χ3v) is 5.54. The molecule has 4 N–H and O–H groups in total. The van der Waals surface area contributed by atoms with Gasteiger partial charge in [0.15, 0.2) is 5.82 Å². The number of nitrogens with one attached hydrogen (secondary N) is 4. The Balaban J connectivity index is 0.000000476. The second-order valence-electron chi connectivity index (χ2n) is 8.65. The summed E-state index contributed by atoms with van der Waals surface area (Å²) in [6.45, 7) is 17.4. The van der Waals surface area contributed by atoms with Gasteiger partial charge in [0.1, 0.15) is 17.7 Å². The molecule has 0 aromatic carbocycles. The largest absolute Gasteiger partial charge is 0.369 e. The zero-order valence-corrected chi connectivity index (χ0v) is 23.4. The van der Waals surface area contributed by atoms with E-state index in [1.54, 1.807) is 12.3 Å². The van der Waals surface area contributed by atoms with Crippen molar-refractivity contribution in [2.45, 2.75) is 72.6 Å². The van der Waals surface area contributed by atoms with Gasteiger partial charge >= 0.3 is 0 Å². The number of H-pyrrole nitrogens is 1. The van der Waals surface area contributed by atoms with E-state index in [4.69, 9.17) is 0 Å². The number of nitriles is 1. The molecule has 0 radical (unpaired) electrons. The number of anilines is 3. The van der Waals surface area contributed by atoms with E-state index in [0.717, 1.165) is 68.3 Å². The topological polar surface area (TPSA) is 114 Å². The van der Waals surface area contributed by atoms with Crippen molar-refractivity contribution in [2.24, 2.45) is 4.99 Å². The predicted molar refractivity (Wildman–Crippen MR) is 158 cm³/mol. The maximum absolute atomic E-state index is 9.73. The molecule has 1 aliphatic heterocycles. The van der Waals surface area contributed by atoms with Gasteiger partial charge in [-0.3, -0.25) is 10.1 Å². The molecule has 3 rings (SSSR count). The third kappa shape index (κ3) is 12.4. The fraction of sp³-hybridized carbons (Fsp3) is 0.517. The van der Waals surface area contributed by atoms with E-state index in [0.29, 0.717) is 17.3 Å². The van der Waals surface area contributed by atoms with E-state index in [-0.39, 0.29) is 0 Å². The van der Waals surface area contributed by atoms with Crippen LogP contribution in [0.1, 0.15) is 82.5 Å². The van der Waals surface area contributed by atoms with Crippen molar-refractivity contribution in [3.8, 4) is 6.07 Å². The van der Waals surface area contributed by atoms with Crippen molar-refractivity contribution < 1.29 is 0 Å². The minimum atomic E-state index is 0.377. The van der Waals surface area contributed by atoms with Crippen LogP contribution in [0.15, 0.2) is 41.9 Å². The lowest BCUT2D eigenvalue weighted by Gasteiger charge is -2.25. The number of aromatic amines is 1. The van der Waals surface area contributed by atoms with Gasteiger partial charge in [-0.05, 0) is 83.3 Å². The summed E-state index contributed by atoms with van der Waals surface area (Å²) in [7, 11) is 0. The van der Waals surface area contributed by atoms with Crippen LogP contribution in [0.2, 0.25) is 0 Å². The molecule has 0 atom stereocenters. The Labute approximate surface area is 223 Å². The van der Waals surface area contributed by atoms with Gasteiger partial charge in [0.2, 0.25) is 0 Å². The molecule has 8 nitrogen and oxygen atoms in total. The lowest BCUT2D eigenvalue weighted by molar-refractivity contribution is 0.460. The number of allylic oxidation sites excluding steroid dienone is 3. The molecule has 0 bridgehead atoms. The zero-order chi connectivity index (χ0) is 27.3. The summed E-state index contributed by atoms with van der Waals surface area (Å²) in [4.78, 5) is 8.47. The van der Waals surface area contributed by atoms with Crippen LogP contribution >= 0.6 is 0 Å². The van der Waals surface area contributed by atoms with E-state index in [9.17, 15) is 5.26 Å². The van der Waals surface area contributed by atoms with E-state index in [2.05, 4.69) is 68.7 Å². The first-order valence-corrected chi connectivity index (χ1v) is 13.4. The molecule has 0 saturated carbocycles. The summed E-state index contributed by atoms with van der Waals surface area (Å²) in [6, 6.07) is 6.31. The molecule has 37 heavy (non-hydrogen) atoms. The minimum absolute atomic E-state index is 0.377. The van der Waals surface area contributed by atoms with Crippen LogP contribution < -0.4 is 16.0 Å². The van der Waals surface area contributed by atoms with Crippen LogP contribution in [0, 0.1) is 18.3 Å². The number of aliphatic imine (C=N–C) groups is 1. The molecule has 0 aliphatic carbocycles. The van der Waals surface area contributed by atoms with Crippen LogP contribution in [0.5, 0.6) is 0 Å². The van der Waals surface area contributed by atoms with Crippen molar-refractivity contribution >= 4 is 23.7 Å². The Kier molecular flexibility index (Phi) is 16.8. The minimum Gasteiger partial charge on any atom is -0.369 e. The molecular formula is C29H46N8. The Hall–Kier alpha value is -3.44. The Morgan fingerprint density at radius 1 is 1.19 bits per heavy atom. The molecule has 3 heterocycles. The van der Waals surface area contributed by atoms with E-state index in [1.807, 2.05) is 39.0 Å². The monoisotopic (exact) mass is 506 g/mol. The highest BCUT2D eigenvalue weighted by Gasteiger charge is 2.22. The average Bonchev–Trinajstić information content (AvgIpc) is 3.33. The predicted octanol–water partition coefficient (Wildman–Crippen LogP) is 6.64. The zero-order valence-electron chi connectivity index (χ0n) is 23.4. The van der Waals surface area contributed by atoms with Gasteiger partial charge < -0.3 is 16.0 Å². The van der Waals surface area contributed by atoms with Crippen molar-refractivity contribution in [3.63, 3.8) is 0 Å². The summed E-state index contributed by atoms with van der Waals surface area (Å²) < 4.78 is 0. The van der Waals surface area contributed by atoms with Gasteiger partial charge in [-0.1, -0.05) is 45.1 Å². The number of piperidine rings is 1. The SMILES string of the molecule is C=C/C=C/CCC.CC=NCC.CCCNc1nc(Nc2cc(C)[nH]n2)cc(C2CCNCC2)c1C#N. The van der Waals surface area contributed by atoms with Crippen molar-refractivity contribution in [1.29, 1.82) is 5.26 Å². The first-order chi connectivity index (χ1) is 18.0. The molecular weight excluding hydrogens is 460 g/mol. The van der Waals surface area contributed by atoms with Gasteiger partial charge in [-0.25, -0.2) is 4.98 Å². The standard InChI is InChI=1S/C18H25N7.C7H12.C4H9N/c1-3-6-21-18-15(11-19)14(13-4-7-20-8-5-13)10-16(23-18)22-17-9-12(2)24-25-17;1-3-5-7-6-4-2;1-3-5-4-2/h9-10,13,20H,3-8H2,1-2H3,(H3,21,22,23,24,25);3,5,7H,1,4,6H2,2H3;3H,4H2,1-2H3/b;7-5+;. The van der Waals surface area contributed by atoms with Gasteiger partial charge in [-0.15, -0.1) is 0 Å². The maximum atomic E-state index is 9.73. The fourth-order valence-electron chi connectivity index (χ4n) is 3.73. The molecule has 0 spiro atoms. The van der Waals surface area contributed by atoms with Crippen LogP contribution in [-0.4, -0.2) is 47.6 Å². The van der Waals surface area contributed by atoms with Crippen LogP contribution in [0.3, 0.4) is 0 Å². The second-order valence-corrected chi connectivity index (χ2v) is 8.65. The van der Waals surface area contributed by atoms with Crippen LogP contribution in [0.4, 0.5) is 17.5 Å². The highest BCUT2D eigenvalue weighted by atomic mass is 15.2. The molecule has 2 aromatic heterocycles. The molecule has 1 saturated heterocycles. The number of rotatable bonds is 10. The second kappa shape index (κ2) is 19.7. The summed E-state index contributed by atoms with van der Waals surface area (Å²) in [6.07, 6.45) is 13.1. The third-order valence-electron chi connectivity index (χ3n) is 5.54. The molecule has 202 valence electrons. The van der Waals surface area contributed by atoms with E-state index in [1.165, 1.54) is 12.8 Å². The molecule has 2 aromatic rings. The Morgan fingerprint density at radius 3 is 2.46 bits per heavy atom. The normalized spacial score (nSPS) is 13.3. The highest BCUT2D eigenvalue weighted by Crippen LogP contribution is 2.33. The summed E-state index contributed by atoms with van der Waals surface area (Å²) in [5.41, 5.74) is 2.73. The van der Waals surface area contributed by atoms with Crippen LogP contribution in [0.25, 0.3) is 0 Å². The van der Waals surface area contributed by atoms with Gasteiger partial charge in [0.05, 0.1) is 5.56 Å². The Morgan fingerprint density at radius 2 is 1.95 bits per heavy atom. The summed E-state index contributed by atoms with van der Waals surface area (Å²) in [5, 5.41) is 26.8. The van der Waals surface area contributed by atoms with Gasteiger partial charge in [-0.2, -0.15) is 10.4 Å². The lowest BCUT2D eigenvalue weighted by atomic mass is 9.87. The molecule has 0 unspecified atom stereocenters. The average molecular weight is 507 g/mol. The van der Waals surface area contributed by atoms with Crippen molar-refractivity contribution in [3.05, 3.63) is 53.8 Å². The number of hydrogen-bond donors (Lipinski definition) is 4. The van der Waals surface area contributed by atoms with E-state index < -0.39 is 0 Å². The van der Waals surface area contributed by atoms with Gasteiger partial charge in [0, 0.05) is 24.8 Å². The number of pyridine rings is 1. The lowest BCUT2D eigenvalue weighted by Crippen LogP contribution is -2.27. The first-order valence-electron chi connectivity index (χ1n) is 13.4. The van der Waals surface area contributed by atoms with Crippen molar-refractivity contribution in [1.82, 2.24) is 20.5 Å². The number of hydrogen-bond acceptors (Lipinski definition) is 7. The number of unbranched alkanes of at least 4 members (excludes halogenated alkanes) is 1. The van der Waals surface area contributed by atoms with E-state index >= 15 is 0 Å². The number of nitrogens with zero attached hydrogens (tertiary/aromatic N) is 4. The highest BCUT2D eigenvalue weighted by molar-refractivity contribution is 5.64. The summed E-state index contributed by atoms with van der Waals surface area (Å²) in [5.74, 6) is 2.49. The van der Waals surface area contributed by atoms with Gasteiger partial charge in [0.25, 0.3) is 0 Å². The maximum Gasteiger partial charge on any atom is 0.153 e. The van der Waals surface area contributed by atoms with Crippen LogP contribution in [-0.2, 0) is 0 Å². The molecule has 1 fully saturated rings. The quantitative estimate of drug-likeness (QED) is 0.212. The fourth-order valence-corrected chi connectivity index (χ4v) is 3.73. The number of aryl methyl sites for hydroxylation is 1. The number of aromatic nitrogens is 3. The summed E-state index contributed by atoms with van der Waals surface area (Å²) >= 11 is 0. The van der Waals surface area contributed by atoms with Crippen molar-refractivity contribution in [2.75, 3.05) is 36.8 Å². The smallest absolute Gasteiger partial charge is 0.153 e. The first kappa shape index (κ1) is 31.6.